The van der Waals surface area contributed by atoms with Gasteiger partial charge in [0.25, 0.3) is 0 Å². The standard InChI is InChI=1S/C6H11NO.ClH/c1-5-2-3-6(8)4-7-5;/h5,7H,2-4H2,1H3;1H/t5-;/m0./s1. The first-order valence-corrected chi connectivity index (χ1v) is 3.04. The third-order valence-corrected chi connectivity index (χ3v) is 1.50. The monoisotopic (exact) mass is 149 g/mol. The number of Topliss-reactive ketones (excluding diaryl/α,β-unsaturated/α-hetero) is 1. The summed E-state index contributed by atoms with van der Waals surface area (Å²) in [5.41, 5.74) is 0. The van der Waals surface area contributed by atoms with Crippen LogP contribution in [0.15, 0.2) is 0 Å². The zero-order valence-corrected chi connectivity index (χ0v) is 6.33. The molecule has 1 rings (SSSR count). The molecule has 0 unspecified atom stereocenters. The van der Waals surface area contributed by atoms with E-state index in [0.29, 0.717) is 18.4 Å². The van der Waals surface area contributed by atoms with Crippen molar-refractivity contribution in [1.82, 2.24) is 5.32 Å². The Balaban J connectivity index is 0.000000640. The molecule has 0 radical (unpaired) electrons. The van der Waals surface area contributed by atoms with Gasteiger partial charge < -0.3 is 5.32 Å². The third kappa shape index (κ3) is 2.82. The number of carbonyl (C=O) groups is 1. The van der Waals surface area contributed by atoms with Gasteiger partial charge in [0.2, 0.25) is 0 Å². The predicted octanol–water partition coefficient (Wildman–Crippen LogP) is 0.749. The van der Waals surface area contributed by atoms with E-state index in [2.05, 4.69) is 12.2 Å². The van der Waals surface area contributed by atoms with E-state index < -0.39 is 0 Å². The van der Waals surface area contributed by atoms with E-state index in [1.807, 2.05) is 0 Å². The van der Waals surface area contributed by atoms with E-state index in [4.69, 9.17) is 0 Å². The molecule has 1 aliphatic heterocycles. The van der Waals surface area contributed by atoms with Crippen molar-refractivity contribution in [2.45, 2.75) is 25.8 Å². The lowest BCUT2D eigenvalue weighted by atomic mass is 10.1. The van der Waals surface area contributed by atoms with Crippen LogP contribution in [0.1, 0.15) is 19.8 Å². The minimum Gasteiger partial charge on any atom is -0.307 e. The van der Waals surface area contributed by atoms with Gasteiger partial charge in [0.15, 0.2) is 0 Å². The summed E-state index contributed by atoms with van der Waals surface area (Å²) in [5.74, 6) is 0.350. The fourth-order valence-electron chi connectivity index (χ4n) is 0.856. The highest BCUT2D eigenvalue weighted by atomic mass is 35.5. The SMILES string of the molecule is C[C@H]1CCC(=O)CN1.Cl. The molecule has 0 spiro atoms. The van der Waals surface area contributed by atoms with Crippen molar-refractivity contribution in [3.63, 3.8) is 0 Å². The number of rotatable bonds is 0. The first kappa shape index (κ1) is 8.92. The molecule has 0 amide bonds. The van der Waals surface area contributed by atoms with Crippen LogP contribution >= 0.6 is 12.4 Å². The van der Waals surface area contributed by atoms with Crippen molar-refractivity contribution in [3.05, 3.63) is 0 Å². The lowest BCUT2D eigenvalue weighted by molar-refractivity contribution is -0.119. The Hall–Kier alpha value is -0.0800. The van der Waals surface area contributed by atoms with Crippen LogP contribution in [0.3, 0.4) is 0 Å². The van der Waals surface area contributed by atoms with Crippen molar-refractivity contribution in [3.8, 4) is 0 Å². The molecular formula is C6H12ClNO. The molecular weight excluding hydrogens is 138 g/mol. The molecule has 0 aromatic carbocycles. The number of nitrogens with one attached hydrogen (secondary N) is 1. The highest BCUT2D eigenvalue weighted by molar-refractivity contribution is 5.85. The molecule has 1 N–H and O–H groups in total. The number of ketones is 1. The summed E-state index contributed by atoms with van der Waals surface area (Å²) in [4.78, 5) is 10.5. The van der Waals surface area contributed by atoms with E-state index in [1.165, 1.54) is 0 Å². The smallest absolute Gasteiger partial charge is 0.146 e. The second-order valence-electron chi connectivity index (χ2n) is 2.36. The third-order valence-electron chi connectivity index (χ3n) is 1.50. The van der Waals surface area contributed by atoms with E-state index in [1.54, 1.807) is 0 Å². The van der Waals surface area contributed by atoms with Crippen molar-refractivity contribution >= 4 is 18.2 Å². The summed E-state index contributed by atoms with van der Waals surface area (Å²) in [6, 6.07) is 0.549. The van der Waals surface area contributed by atoms with Gasteiger partial charge in [-0.1, -0.05) is 0 Å². The summed E-state index contributed by atoms with van der Waals surface area (Å²) in [6.45, 7) is 2.69. The Bertz CT molecular complexity index is 95.2. The maximum Gasteiger partial charge on any atom is 0.146 e. The van der Waals surface area contributed by atoms with Crippen LogP contribution in [-0.4, -0.2) is 18.4 Å². The van der Waals surface area contributed by atoms with Crippen LogP contribution in [0.2, 0.25) is 0 Å². The molecule has 1 saturated heterocycles. The van der Waals surface area contributed by atoms with Gasteiger partial charge >= 0.3 is 0 Å². The van der Waals surface area contributed by atoms with Crippen molar-refractivity contribution in [2.75, 3.05) is 6.54 Å². The Labute approximate surface area is 61.4 Å². The highest BCUT2D eigenvalue weighted by Crippen LogP contribution is 2.01. The topological polar surface area (TPSA) is 29.1 Å². The number of piperidine rings is 1. The Kier molecular flexibility index (Phi) is 3.82. The average molecular weight is 150 g/mol. The summed E-state index contributed by atoms with van der Waals surface area (Å²) in [6.07, 6.45) is 1.78. The number of halogens is 1. The minimum absolute atomic E-state index is 0. The molecule has 0 aliphatic carbocycles. The Morgan fingerprint density at radius 1 is 1.67 bits per heavy atom. The summed E-state index contributed by atoms with van der Waals surface area (Å²) < 4.78 is 0. The van der Waals surface area contributed by atoms with Gasteiger partial charge in [-0.2, -0.15) is 0 Å². The normalized spacial score (nSPS) is 27.2. The van der Waals surface area contributed by atoms with Crippen LogP contribution < -0.4 is 5.32 Å². The predicted molar refractivity (Wildman–Crippen MR) is 39.0 cm³/mol. The van der Waals surface area contributed by atoms with Crippen molar-refractivity contribution in [1.29, 1.82) is 0 Å². The van der Waals surface area contributed by atoms with Crippen molar-refractivity contribution < 1.29 is 4.79 Å². The van der Waals surface area contributed by atoms with Crippen LogP contribution in [0.4, 0.5) is 0 Å². The van der Waals surface area contributed by atoms with Crippen LogP contribution in [0, 0.1) is 0 Å². The minimum atomic E-state index is 0. The molecule has 2 nitrogen and oxygen atoms in total. The molecule has 0 bridgehead atoms. The van der Waals surface area contributed by atoms with Crippen LogP contribution in [0.5, 0.6) is 0 Å². The van der Waals surface area contributed by atoms with Crippen LogP contribution in [0.25, 0.3) is 0 Å². The van der Waals surface area contributed by atoms with Gasteiger partial charge in [0.05, 0.1) is 6.54 Å². The zero-order valence-electron chi connectivity index (χ0n) is 5.52. The highest BCUT2D eigenvalue weighted by Gasteiger charge is 2.12. The maximum atomic E-state index is 10.5. The molecule has 1 aliphatic rings. The quantitative estimate of drug-likeness (QED) is 0.551. The largest absolute Gasteiger partial charge is 0.307 e. The van der Waals surface area contributed by atoms with E-state index >= 15 is 0 Å². The molecule has 0 aromatic rings. The van der Waals surface area contributed by atoms with Crippen molar-refractivity contribution in [2.24, 2.45) is 0 Å². The fraction of sp³-hybridized carbons (Fsp3) is 0.833. The number of carbonyl (C=O) groups excluding carboxylic acids is 1. The average Bonchev–Trinajstić information content (AvgIpc) is 1.77. The first-order valence-electron chi connectivity index (χ1n) is 3.04. The van der Waals surface area contributed by atoms with Gasteiger partial charge in [-0.25, -0.2) is 0 Å². The Morgan fingerprint density at radius 3 is 2.67 bits per heavy atom. The Morgan fingerprint density at radius 2 is 2.33 bits per heavy atom. The zero-order chi connectivity index (χ0) is 5.98. The molecule has 0 aromatic heterocycles. The molecule has 9 heavy (non-hydrogen) atoms. The molecule has 1 heterocycles. The van der Waals surface area contributed by atoms with E-state index in [9.17, 15) is 4.79 Å². The van der Waals surface area contributed by atoms with Gasteiger partial charge in [0, 0.05) is 12.5 Å². The van der Waals surface area contributed by atoms with Gasteiger partial charge in [0.1, 0.15) is 5.78 Å². The second kappa shape index (κ2) is 3.85. The number of hydrogen-bond donors (Lipinski definition) is 1. The molecule has 3 heteroatoms. The maximum absolute atomic E-state index is 10.5. The van der Waals surface area contributed by atoms with Crippen LogP contribution in [-0.2, 0) is 4.79 Å². The summed E-state index contributed by atoms with van der Waals surface area (Å²) in [5, 5.41) is 3.08. The summed E-state index contributed by atoms with van der Waals surface area (Å²) >= 11 is 0. The summed E-state index contributed by atoms with van der Waals surface area (Å²) in [7, 11) is 0. The van der Waals surface area contributed by atoms with Gasteiger partial charge in [-0.3, -0.25) is 4.79 Å². The molecule has 0 saturated carbocycles. The van der Waals surface area contributed by atoms with E-state index in [0.717, 1.165) is 12.8 Å². The first-order chi connectivity index (χ1) is 3.79. The fourth-order valence-corrected chi connectivity index (χ4v) is 0.856. The lowest BCUT2D eigenvalue weighted by Gasteiger charge is -2.17. The molecule has 1 atom stereocenters. The molecule has 54 valence electrons. The second-order valence-corrected chi connectivity index (χ2v) is 2.36. The van der Waals surface area contributed by atoms with E-state index in [-0.39, 0.29) is 12.4 Å². The lowest BCUT2D eigenvalue weighted by Crippen LogP contribution is -2.36. The molecule has 1 fully saturated rings. The van der Waals surface area contributed by atoms with Gasteiger partial charge in [-0.15, -0.1) is 12.4 Å². The number of hydrogen-bond acceptors (Lipinski definition) is 2. The van der Waals surface area contributed by atoms with Gasteiger partial charge in [-0.05, 0) is 13.3 Å².